The molecule has 1 aromatic carbocycles. The molecule has 160 valence electrons. The van der Waals surface area contributed by atoms with Gasteiger partial charge < -0.3 is 10.1 Å². The number of rotatable bonds is 9. The molecule has 1 aromatic heterocycles. The lowest BCUT2D eigenvalue weighted by Gasteiger charge is -2.31. The van der Waals surface area contributed by atoms with Crippen LogP contribution in [0.25, 0.3) is 11.0 Å². The number of benzene rings is 1. The van der Waals surface area contributed by atoms with Crippen LogP contribution in [0.4, 0.5) is 0 Å². The molecule has 1 N–H and O–H groups in total. The molecule has 1 aliphatic heterocycles. The zero-order chi connectivity index (χ0) is 20.9. The molecule has 0 saturated carbocycles. The van der Waals surface area contributed by atoms with Crippen LogP contribution in [0.1, 0.15) is 32.6 Å². The maximum absolute atomic E-state index is 13.2. The number of aromatic nitrogens is 3. The van der Waals surface area contributed by atoms with Gasteiger partial charge >= 0.3 is 0 Å². The topological polar surface area (TPSA) is 106 Å². The number of ether oxygens (including phenoxy) is 1. The highest BCUT2D eigenvalue weighted by atomic mass is 32.2. The summed E-state index contributed by atoms with van der Waals surface area (Å²) < 4.78 is 34.5. The summed E-state index contributed by atoms with van der Waals surface area (Å²) in [6.45, 7) is 4.36. The highest BCUT2D eigenvalue weighted by molar-refractivity contribution is 7.89. The average molecular weight is 424 g/mol. The van der Waals surface area contributed by atoms with Gasteiger partial charge in [0.05, 0.1) is 29.5 Å². The van der Waals surface area contributed by atoms with E-state index in [0.29, 0.717) is 44.6 Å². The Hall–Kier alpha value is -2.04. The summed E-state index contributed by atoms with van der Waals surface area (Å²) in [5.41, 5.74) is 1.28. The fraction of sp³-hybridized carbons (Fsp3) is 0.632. The van der Waals surface area contributed by atoms with E-state index < -0.39 is 10.0 Å². The number of piperidine rings is 1. The van der Waals surface area contributed by atoms with Crippen LogP contribution in [0.2, 0.25) is 0 Å². The van der Waals surface area contributed by atoms with Crippen LogP contribution in [0.5, 0.6) is 0 Å². The van der Waals surface area contributed by atoms with Crippen LogP contribution in [-0.4, -0.2) is 67.0 Å². The quantitative estimate of drug-likeness (QED) is 0.611. The van der Waals surface area contributed by atoms with Gasteiger partial charge in [0, 0.05) is 26.7 Å². The molecule has 29 heavy (non-hydrogen) atoms. The first-order valence-electron chi connectivity index (χ1n) is 10.1. The molecule has 1 unspecified atom stereocenters. The maximum Gasteiger partial charge on any atom is 0.243 e. The molecule has 1 aliphatic rings. The number of nitrogens with zero attached hydrogens (tertiary/aromatic N) is 4. The summed E-state index contributed by atoms with van der Waals surface area (Å²) in [4.78, 5) is 12.6. The van der Waals surface area contributed by atoms with Crippen molar-refractivity contribution in [3.63, 3.8) is 0 Å². The largest absolute Gasteiger partial charge is 0.383 e. The van der Waals surface area contributed by atoms with Gasteiger partial charge in [-0.2, -0.15) is 4.31 Å². The number of methoxy groups -OCH3 is 1. The predicted octanol–water partition coefficient (Wildman–Crippen LogP) is 1.39. The van der Waals surface area contributed by atoms with Crippen molar-refractivity contribution in [1.29, 1.82) is 0 Å². The van der Waals surface area contributed by atoms with Crippen LogP contribution in [0.15, 0.2) is 23.1 Å². The number of hydrogen-bond acceptors (Lipinski definition) is 6. The zero-order valence-electron chi connectivity index (χ0n) is 17.0. The van der Waals surface area contributed by atoms with E-state index in [-0.39, 0.29) is 23.3 Å². The summed E-state index contributed by atoms with van der Waals surface area (Å²) >= 11 is 0. The Morgan fingerprint density at radius 1 is 1.38 bits per heavy atom. The molecular weight excluding hydrogens is 394 g/mol. The maximum atomic E-state index is 13.2. The third-order valence-corrected chi connectivity index (χ3v) is 7.08. The Balaban J connectivity index is 1.74. The molecule has 1 atom stereocenters. The van der Waals surface area contributed by atoms with E-state index in [9.17, 15) is 13.2 Å². The molecule has 0 radical (unpaired) electrons. The van der Waals surface area contributed by atoms with Crippen LogP contribution in [0.3, 0.4) is 0 Å². The second-order valence-corrected chi connectivity index (χ2v) is 9.24. The van der Waals surface area contributed by atoms with E-state index in [1.54, 1.807) is 30.0 Å². The van der Waals surface area contributed by atoms with Crippen molar-refractivity contribution in [1.82, 2.24) is 24.6 Å². The minimum absolute atomic E-state index is 0.0603. The molecule has 1 saturated heterocycles. The molecule has 3 rings (SSSR count). The number of unbranched alkanes of at least 4 members (excludes halogenated alkanes) is 1. The lowest BCUT2D eigenvalue weighted by atomic mass is 9.99. The lowest BCUT2D eigenvalue weighted by Crippen LogP contribution is -2.45. The number of carbonyl (C=O) groups is 1. The van der Waals surface area contributed by atoms with Gasteiger partial charge in [0.25, 0.3) is 0 Å². The van der Waals surface area contributed by atoms with E-state index in [1.165, 1.54) is 4.31 Å². The monoisotopic (exact) mass is 423 g/mol. The molecule has 9 nitrogen and oxygen atoms in total. The number of carbonyl (C=O) groups excluding carboxylic acids is 1. The van der Waals surface area contributed by atoms with E-state index in [4.69, 9.17) is 4.74 Å². The minimum Gasteiger partial charge on any atom is -0.383 e. The zero-order valence-corrected chi connectivity index (χ0v) is 17.8. The summed E-state index contributed by atoms with van der Waals surface area (Å²) in [6, 6.07) is 4.85. The van der Waals surface area contributed by atoms with E-state index in [1.807, 2.05) is 0 Å². The van der Waals surface area contributed by atoms with Crippen molar-refractivity contribution >= 4 is 27.0 Å². The van der Waals surface area contributed by atoms with Gasteiger partial charge in [0.1, 0.15) is 5.52 Å². The molecule has 0 spiro atoms. The van der Waals surface area contributed by atoms with E-state index in [0.717, 1.165) is 18.4 Å². The standard InChI is InChI=1S/C19H29N5O4S/c1-3-4-9-20-19(25)15-6-5-10-23(14-15)29(26,27)16-7-8-18-17(13-16)21-22-24(18)11-12-28-2/h7-8,13,15H,3-6,9-12,14H2,1-2H3,(H,20,25). The fourth-order valence-corrected chi connectivity index (χ4v) is 5.06. The predicted molar refractivity (Wildman–Crippen MR) is 109 cm³/mol. The second kappa shape index (κ2) is 9.64. The van der Waals surface area contributed by atoms with Crippen LogP contribution in [-0.2, 0) is 26.1 Å². The smallest absolute Gasteiger partial charge is 0.243 e. The Kier molecular flexibility index (Phi) is 7.20. The van der Waals surface area contributed by atoms with Gasteiger partial charge in [-0.15, -0.1) is 5.10 Å². The van der Waals surface area contributed by atoms with Crippen molar-refractivity contribution in [3.8, 4) is 0 Å². The van der Waals surface area contributed by atoms with Crippen LogP contribution >= 0.6 is 0 Å². The molecule has 2 heterocycles. The van der Waals surface area contributed by atoms with Crippen molar-refractivity contribution in [2.24, 2.45) is 5.92 Å². The first-order chi connectivity index (χ1) is 14.0. The number of sulfonamides is 1. The van der Waals surface area contributed by atoms with Gasteiger partial charge in [-0.25, -0.2) is 13.1 Å². The van der Waals surface area contributed by atoms with Crippen molar-refractivity contribution in [3.05, 3.63) is 18.2 Å². The molecule has 1 amide bonds. The van der Waals surface area contributed by atoms with Crippen molar-refractivity contribution in [2.75, 3.05) is 33.4 Å². The number of amides is 1. The number of nitrogens with one attached hydrogen (secondary N) is 1. The molecular formula is C19H29N5O4S. The van der Waals surface area contributed by atoms with Gasteiger partial charge in [0.2, 0.25) is 15.9 Å². The minimum atomic E-state index is -3.70. The highest BCUT2D eigenvalue weighted by Crippen LogP contribution is 2.26. The Morgan fingerprint density at radius 2 is 2.21 bits per heavy atom. The summed E-state index contributed by atoms with van der Waals surface area (Å²) in [7, 11) is -2.09. The van der Waals surface area contributed by atoms with Gasteiger partial charge in [-0.1, -0.05) is 18.6 Å². The molecule has 2 aromatic rings. The normalized spacial score (nSPS) is 18.2. The summed E-state index contributed by atoms with van der Waals surface area (Å²) in [6.07, 6.45) is 3.30. The third-order valence-electron chi connectivity index (χ3n) is 5.21. The van der Waals surface area contributed by atoms with Crippen LogP contribution < -0.4 is 5.32 Å². The Bertz CT molecular complexity index is 943. The van der Waals surface area contributed by atoms with Crippen molar-refractivity contribution < 1.29 is 17.9 Å². The number of hydrogen-bond donors (Lipinski definition) is 1. The average Bonchev–Trinajstić information content (AvgIpc) is 3.14. The van der Waals surface area contributed by atoms with E-state index >= 15 is 0 Å². The molecule has 10 heteroatoms. The Labute approximate surface area is 171 Å². The first-order valence-corrected chi connectivity index (χ1v) is 11.5. The lowest BCUT2D eigenvalue weighted by molar-refractivity contribution is -0.126. The molecule has 1 fully saturated rings. The SMILES string of the molecule is CCCCNC(=O)C1CCCN(S(=O)(=O)c2ccc3c(c2)nnn3CCOC)C1. The summed E-state index contributed by atoms with van der Waals surface area (Å²) in [5, 5.41) is 11.1. The highest BCUT2D eigenvalue weighted by Gasteiger charge is 2.33. The van der Waals surface area contributed by atoms with Gasteiger partial charge in [-0.3, -0.25) is 4.79 Å². The van der Waals surface area contributed by atoms with Gasteiger partial charge in [0.15, 0.2) is 0 Å². The van der Waals surface area contributed by atoms with Crippen LogP contribution in [0, 0.1) is 5.92 Å². The van der Waals surface area contributed by atoms with Crippen molar-refractivity contribution in [2.45, 2.75) is 44.0 Å². The second-order valence-electron chi connectivity index (χ2n) is 7.30. The van der Waals surface area contributed by atoms with E-state index in [2.05, 4.69) is 22.6 Å². The molecule has 0 bridgehead atoms. The first kappa shape index (κ1) is 21.7. The number of fused-ring (bicyclic) bond motifs is 1. The van der Waals surface area contributed by atoms with Gasteiger partial charge in [-0.05, 0) is 37.5 Å². The Morgan fingerprint density at radius 3 is 2.97 bits per heavy atom. The fourth-order valence-electron chi connectivity index (χ4n) is 3.51. The molecule has 0 aliphatic carbocycles. The summed E-state index contributed by atoms with van der Waals surface area (Å²) in [5.74, 6) is -0.371. The third kappa shape index (κ3) is 4.93.